The summed E-state index contributed by atoms with van der Waals surface area (Å²) < 4.78 is 28.8. The smallest absolute Gasteiger partial charge is 0.290 e. The minimum absolute atomic E-state index is 0.200. The van der Waals surface area contributed by atoms with Crippen molar-refractivity contribution in [1.29, 1.82) is 0 Å². The first kappa shape index (κ1) is 27.9. The molecule has 41 heavy (non-hydrogen) atoms. The Hall–Kier alpha value is -4.70. The lowest BCUT2D eigenvalue weighted by molar-refractivity contribution is -0.115. The molecule has 0 aliphatic carbocycles. The quantitative estimate of drug-likeness (QED) is 0.229. The molecule has 0 saturated carbocycles. The van der Waals surface area contributed by atoms with Gasteiger partial charge in [0.2, 0.25) is 5.75 Å². The monoisotopic (exact) mass is 573 g/mol. The van der Waals surface area contributed by atoms with Crippen LogP contribution < -0.4 is 29.7 Å². The fraction of sp³-hybridized carbons (Fsp3) is 0.194. The van der Waals surface area contributed by atoms with E-state index in [1.165, 1.54) is 27.4 Å². The van der Waals surface area contributed by atoms with E-state index in [0.717, 1.165) is 22.9 Å². The van der Waals surface area contributed by atoms with Crippen LogP contribution in [0.2, 0.25) is 0 Å². The number of carbonyl (C=O) groups excluding carboxylic acids is 2. The molecule has 1 N–H and O–H groups in total. The summed E-state index contributed by atoms with van der Waals surface area (Å²) in [5.74, 6) is 1.80. The molecule has 5 rings (SSSR count). The van der Waals surface area contributed by atoms with Gasteiger partial charge >= 0.3 is 0 Å². The summed E-state index contributed by atoms with van der Waals surface area (Å²) in [5, 5.41) is 2.30. The standard InChI is InChI=1S/C31H27NO8S/c1-5-23(18-8-6-17(7-9-18)12-28-30(34)32-31(35)41-28)39-20-10-11-21-22(33)16-24(40-25(21)15-20)19-13-26(36-2)29(38-4)27(14-19)37-3/h6-16,23H,5H2,1-4H3,(H,32,34,35)/b28-12+. The number of hydrogen-bond acceptors (Lipinski definition) is 9. The van der Waals surface area contributed by atoms with E-state index in [-0.39, 0.29) is 16.8 Å². The predicted molar refractivity (Wildman–Crippen MR) is 157 cm³/mol. The molecular formula is C31H27NO8S. The van der Waals surface area contributed by atoms with Gasteiger partial charge in [0.1, 0.15) is 23.2 Å². The molecule has 1 unspecified atom stereocenters. The lowest BCUT2D eigenvalue weighted by atomic mass is 10.0. The maximum absolute atomic E-state index is 13.0. The van der Waals surface area contributed by atoms with Gasteiger partial charge in [-0.25, -0.2) is 0 Å². The predicted octanol–water partition coefficient (Wildman–Crippen LogP) is 6.34. The Balaban J connectivity index is 1.43. The van der Waals surface area contributed by atoms with Crippen LogP contribution in [0.3, 0.4) is 0 Å². The highest BCUT2D eigenvalue weighted by molar-refractivity contribution is 8.18. The number of rotatable bonds is 9. The summed E-state index contributed by atoms with van der Waals surface area (Å²) in [7, 11) is 4.56. The molecule has 0 spiro atoms. The van der Waals surface area contributed by atoms with Crippen molar-refractivity contribution in [3.63, 3.8) is 0 Å². The Labute approximate surface area is 240 Å². The molecule has 2 amide bonds. The van der Waals surface area contributed by atoms with Crippen molar-refractivity contribution in [3.05, 3.63) is 86.9 Å². The van der Waals surface area contributed by atoms with Crippen LogP contribution in [0.4, 0.5) is 4.79 Å². The summed E-state index contributed by atoms with van der Waals surface area (Å²) in [6.07, 6.45) is 2.08. The molecular weight excluding hydrogens is 546 g/mol. The first-order valence-electron chi connectivity index (χ1n) is 12.7. The molecule has 2 heterocycles. The molecule has 1 aromatic heterocycles. The van der Waals surface area contributed by atoms with Crippen LogP contribution in [-0.4, -0.2) is 32.5 Å². The Kier molecular flexibility index (Phi) is 8.02. The first-order chi connectivity index (χ1) is 19.8. The van der Waals surface area contributed by atoms with Gasteiger partial charge in [0.05, 0.1) is 31.6 Å². The van der Waals surface area contributed by atoms with Crippen molar-refractivity contribution in [1.82, 2.24) is 5.32 Å². The number of imide groups is 1. The molecule has 210 valence electrons. The fourth-order valence-corrected chi connectivity index (χ4v) is 5.19. The van der Waals surface area contributed by atoms with Crippen molar-refractivity contribution in [2.24, 2.45) is 0 Å². The van der Waals surface area contributed by atoms with Gasteiger partial charge in [-0.2, -0.15) is 0 Å². The number of nitrogens with one attached hydrogen (secondary N) is 1. The van der Waals surface area contributed by atoms with Crippen LogP contribution in [0.15, 0.2) is 74.8 Å². The molecule has 1 atom stereocenters. The van der Waals surface area contributed by atoms with Gasteiger partial charge in [-0.15, -0.1) is 0 Å². The second-order valence-electron chi connectivity index (χ2n) is 9.08. The summed E-state index contributed by atoms with van der Waals surface area (Å²) in [6, 6.07) is 17.6. The Morgan fingerprint density at radius 1 is 0.902 bits per heavy atom. The topological polar surface area (TPSA) is 113 Å². The summed E-state index contributed by atoms with van der Waals surface area (Å²) in [4.78, 5) is 36.6. The van der Waals surface area contributed by atoms with Crippen molar-refractivity contribution in [2.45, 2.75) is 19.4 Å². The van der Waals surface area contributed by atoms with Gasteiger partial charge in [0.15, 0.2) is 16.9 Å². The van der Waals surface area contributed by atoms with E-state index in [9.17, 15) is 14.4 Å². The second kappa shape index (κ2) is 11.8. The van der Waals surface area contributed by atoms with Crippen LogP contribution in [0.5, 0.6) is 23.0 Å². The SMILES string of the molecule is CCC(Oc1ccc2c(=O)cc(-c3cc(OC)c(OC)c(OC)c3)oc2c1)c1ccc(/C=C2/SC(=O)NC2=O)cc1. The van der Waals surface area contributed by atoms with Crippen LogP contribution in [0.25, 0.3) is 28.4 Å². The van der Waals surface area contributed by atoms with Crippen LogP contribution in [-0.2, 0) is 4.79 Å². The third-order valence-corrected chi connectivity index (χ3v) is 7.36. The van der Waals surface area contributed by atoms with Gasteiger partial charge < -0.3 is 23.4 Å². The molecule has 1 aliphatic heterocycles. The number of fused-ring (bicyclic) bond motifs is 1. The average molecular weight is 574 g/mol. The van der Waals surface area contributed by atoms with Gasteiger partial charge in [-0.3, -0.25) is 19.7 Å². The second-order valence-corrected chi connectivity index (χ2v) is 10.1. The fourth-order valence-electron chi connectivity index (χ4n) is 4.50. The molecule has 1 saturated heterocycles. The van der Waals surface area contributed by atoms with Crippen molar-refractivity contribution < 1.29 is 33.0 Å². The van der Waals surface area contributed by atoms with Gasteiger partial charge in [-0.1, -0.05) is 31.2 Å². The zero-order valence-electron chi connectivity index (χ0n) is 22.8. The zero-order chi connectivity index (χ0) is 29.1. The molecule has 3 aromatic carbocycles. The minimum atomic E-state index is -0.393. The van der Waals surface area contributed by atoms with Crippen molar-refractivity contribution in [3.8, 4) is 34.3 Å². The van der Waals surface area contributed by atoms with E-state index in [0.29, 0.717) is 56.6 Å². The van der Waals surface area contributed by atoms with Crippen molar-refractivity contribution in [2.75, 3.05) is 21.3 Å². The molecule has 1 fully saturated rings. The maximum Gasteiger partial charge on any atom is 0.290 e. The average Bonchev–Trinajstić information content (AvgIpc) is 3.30. The highest BCUT2D eigenvalue weighted by atomic mass is 32.2. The van der Waals surface area contributed by atoms with E-state index in [2.05, 4.69) is 5.32 Å². The van der Waals surface area contributed by atoms with E-state index in [1.807, 2.05) is 31.2 Å². The van der Waals surface area contributed by atoms with Crippen LogP contribution in [0.1, 0.15) is 30.6 Å². The number of carbonyl (C=O) groups is 2. The molecule has 10 heteroatoms. The summed E-state index contributed by atoms with van der Waals surface area (Å²) in [5.41, 5.74) is 2.49. The van der Waals surface area contributed by atoms with E-state index < -0.39 is 5.91 Å². The zero-order valence-corrected chi connectivity index (χ0v) is 23.6. The molecule has 4 aromatic rings. The van der Waals surface area contributed by atoms with Gasteiger partial charge in [0.25, 0.3) is 11.1 Å². The first-order valence-corrected chi connectivity index (χ1v) is 13.5. The number of ether oxygens (including phenoxy) is 4. The summed E-state index contributed by atoms with van der Waals surface area (Å²) >= 11 is 0.879. The maximum atomic E-state index is 13.0. The van der Waals surface area contributed by atoms with Gasteiger partial charge in [0, 0.05) is 17.7 Å². The Bertz CT molecular complexity index is 1700. The Morgan fingerprint density at radius 3 is 2.20 bits per heavy atom. The number of thioether (sulfide) groups is 1. The van der Waals surface area contributed by atoms with E-state index in [4.69, 9.17) is 23.4 Å². The van der Waals surface area contributed by atoms with E-state index >= 15 is 0 Å². The number of methoxy groups -OCH3 is 3. The largest absolute Gasteiger partial charge is 0.493 e. The Morgan fingerprint density at radius 2 is 1.61 bits per heavy atom. The van der Waals surface area contributed by atoms with E-state index in [1.54, 1.807) is 36.4 Å². The third kappa shape index (κ3) is 5.78. The molecule has 1 aliphatic rings. The molecule has 0 radical (unpaired) electrons. The van der Waals surface area contributed by atoms with Crippen molar-refractivity contribution >= 4 is 40.0 Å². The normalized spacial score (nSPS) is 14.7. The number of hydrogen-bond donors (Lipinski definition) is 1. The lowest BCUT2D eigenvalue weighted by Gasteiger charge is -2.18. The highest BCUT2D eigenvalue weighted by Crippen LogP contribution is 2.41. The number of amides is 2. The molecule has 9 nitrogen and oxygen atoms in total. The number of benzene rings is 3. The minimum Gasteiger partial charge on any atom is -0.493 e. The van der Waals surface area contributed by atoms with Gasteiger partial charge in [-0.05, 0) is 59.7 Å². The third-order valence-electron chi connectivity index (χ3n) is 6.55. The van der Waals surface area contributed by atoms with Crippen LogP contribution in [0, 0.1) is 0 Å². The van der Waals surface area contributed by atoms with Crippen LogP contribution >= 0.6 is 11.8 Å². The molecule has 0 bridgehead atoms. The summed E-state index contributed by atoms with van der Waals surface area (Å²) in [6.45, 7) is 2.01. The lowest BCUT2D eigenvalue weighted by Crippen LogP contribution is -2.17. The highest BCUT2D eigenvalue weighted by Gasteiger charge is 2.25.